The zero-order valence-corrected chi connectivity index (χ0v) is 6.93. The summed E-state index contributed by atoms with van der Waals surface area (Å²) in [5, 5.41) is 5.16. The molecule has 57 valence electrons. The van der Waals surface area contributed by atoms with E-state index in [-0.39, 0.29) is 0 Å². The predicted octanol–water partition coefficient (Wildman–Crippen LogP) is 2.00. The van der Waals surface area contributed by atoms with Gasteiger partial charge in [0.2, 0.25) is 0 Å². The molecule has 0 saturated heterocycles. The molecule has 1 nitrogen and oxygen atoms in total. The van der Waals surface area contributed by atoms with Gasteiger partial charge in [0, 0.05) is 18.1 Å². The van der Waals surface area contributed by atoms with Crippen molar-refractivity contribution in [1.29, 1.82) is 0 Å². The molecule has 1 aliphatic rings. The van der Waals surface area contributed by atoms with Gasteiger partial charge in [0.25, 0.3) is 0 Å². The Balaban J connectivity index is 2.49. The van der Waals surface area contributed by atoms with E-state index in [0.29, 0.717) is 0 Å². The number of rotatable bonds is 0. The zero-order chi connectivity index (χ0) is 7.68. The lowest BCUT2D eigenvalue weighted by Crippen LogP contribution is -2.17. The van der Waals surface area contributed by atoms with E-state index < -0.39 is 0 Å². The van der Waals surface area contributed by atoms with Crippen LogP contribution in [0.4, 0.5) is 0 Å². The lowest BCUT2D eigenvalue weighted by Gasteiger charge is -2.16. The second kappa shape index (κ2) is 2.84. The van der Waals surface area contributed by atoms with Crippen molar-refractivity contribution in [2.24, 2.45) is 0 Å². The minimum atomic E-state index is 0.801. The van der Waals surface area contributed by atoms with Gasteiger partial charge in [-0.2, -0.15) is 0 Å². The topological polar surface area (TPSA) is 14.1 Å². The summed E-state index contributed by atoms with van der Waals surface area (Å²) < 4.78 is 0. The maximum absolute atomic E-state index is 5.98. The van der Waals surface area contributed by atoms with Crippen molar-refractivity contribution in [3.05, 3.63) is 34.3 Å². The molecule has 0 N–H and O–H groups in total. The summed E-state index contributed by atoms with van der Waals surface area (Å²) in [5.74, 6) is 0. The van der Waals surface area contributed by atoms with Crippen molar-refractivity contribution in [1.82, 2.24) is 5.32 Å². The highest BCUT2D eigenvalue weighted by Gasteiger charge is 2.10. The monoisotopic (exact) mass is 166 g/mol. The van der Waals surface area contributed by atoms with Gasteiger partial charge >= 0.3 is 0 Å². The van der Waals surface area contributed by atoms with Crippen LogP contribution in [-0.2, 0) is 13.0 Å². The van der Waals surface area contributed by atoms with E-state index in [2.05, 4.69) is 11.4 Å². The Kier molecular flexibility index (Phi) is 1.84. The number of hydrogen-bond donors (Lipinski definition) is 0. The normalized spacial score (nSPS) is 16.1. The molecule has 1 heterocycles. The highest BCUT2D eigenvalue weighted by molar-refractivity contribution is 6.31. The summed E-state index contributed by atoms with van der Waals surface area (Å²) in [4.78, 5) is 0. The molecule has 0 bridgehead atoms. The van der Waals surface area contributed by atoms with Gasteiger partial charge < -0.3 is 0 Å². The molecule has 0 atom stereocenters. The van der Waals surface area contributed by atoms with Gasteiger partial charge in [-0.25, -0.2) is 5.32 Å². The summed E-state index contributed by atoms with van der Waals surface area (Å²) in [7, 11) is 0. The molecule has 1 aliphatic heterocycles. The molecule has 1 aromatic carbocycles. The standard InChI is InChI=1S/C9H9ClN/c10-9-3-1-2-7-4-5-11-6-8(7)9/h1-3H,4-6H2. The van der Waals surface area contributed by atoms with Crippen molar-refractivity contribution in [2.75, 3.05) is 6.54 Å². The largest absolute Gasteiger partial charge is 0.237 e. The van der Waals surface area contributed by atoms with Gasteiger partial charge in [-0.05, 0) is 23.6 Å². The maximum Gasteiger partial charge on any atom is 0.0454 e. The van der Waals surface area contributed by atoms with Gasteiger partial charge in [-0.15, -0.1) is 0 Å². The zero-order valence-electron chi connectivity index (χ0n) is 6.18. The Labute approximate surface area is 71.4 Å². The Morgan fingerprint density at radius 2 is 2.27 bits per heavy atom. The molecule has 0 aromatic heterocycles. The molecule has 2 heteroatoms. The highest BCUT2D eigenvalue weighted by Crippen LogP contribution is 2.22. The molecule has 0 fully saturated rings. The Hall–Kier alpha value is -0.530. The highest BCUT2D eigenvalue weighted by atomic mass is 35.5. The minimum absolute atomic E-state index is 0.801. The summed E-state index contributed by atoms with van der Waals surface area (Å²) in [6.45, 7) is 1.75. The van der Waals surface area contributed by atoms with Crippen LogP contribution in [0.15, 0.2) is 18.2 Å². The van der Waals surface area contributed by atoms with E-state index in [1.165, 1.54) is 11.1 Å². The summed E-state index contributed by atoms with van der Waals surface area (Å²) >= 11 is 5.98. The van der Waals surface area contributed by atoms with E-state index in [4.69, 9.17) is 11.6 Å². The third kappa shape index (κ3) is 1.26. The first-order valence-electron chi connectivity index (χ1n) is 3.77. The first kappa shape index (κ1) is 7.14. The predicted molar refractivity (Wildman–Crippen MR) is 45.9 cm³/mol. The molecular formula is C9H9ClN. The fourth-order valence-corrected chi connectivity index (χ4v) is 1.66. The SMILES string of the molecule is Clc1cccc2c1C[N]CC2. The average Bonchev–Trinajstić information content (AvgIpc) is 2.06. The molecule has 0 saturated carbocycles. The molecule has 2 rings (SSSR count). The van der Waals surface area contributed by atoms with Crippen LogP contribution in [0.1, 0.15) is 11.1 Å². The summed E-state index contributed by atoms with van der Waals surface area (Å²) in [6, 6.07) is 6.07. The van der Waals surface area contributed by atoms with Gasteiger partial charge in [-0.1, -0.05) is 23.7 Å². The lowest BCUT2D eigenvalue weighted by molar-refractivity contribution is 0.630. The van der Waals surface area contributed by atoms with Gasteiger partial charge in [0.15, 0.2) is 0 Å². The van der Waals surface area contributed by atoms with E-state index in [1.54, 1.807) is 0 Å². The third-order valence-corrected chi connectivity index (χ3v) is 2.38. The number of hydrogen-bond acceptors (Lipinski definition) is 0. The van der Waals surface area contributed by atoms with Crippen LogP contribution in [-0.4, -0.2) is 6.54 Å². The average molecular weight is 167 g/mol. The first-order chi connectivity index (χ1) is 5.38. The van der Waals surface area contributed by atoms with Gasteiger partial charge in [-0.3, -0.25) is 0 Å². The van der Waals surface area contributed by atoms with Gasteiger partial charge in [0.1, 0.15) is 0 Å². The molecule has 0 spiro atoms. The maximum atomic E-state index is 5.98. The van der Waals surface area contributed by atoms with Crippen LogP contribution in [0.25, 0.3) is 0 Å². The molecular weight excluding hydrogens is 158 g/mol. The second-order valence-electron chi connectivity index (χ2n) is 2.73. The molecule has 0 amide bonds. The van der Waals surface area contributed by atoms with Crippen LogP contribution in [0.3, 0.4) is 0 Å². The fourth-order valence-electron chi connectivity index (χ4n) is 1.40. The summed E-state index contributed by atoms with van der Waals surface area (Å²) in [6.07, 6.45) is 1.05. The van der Waals surface area contributed by atoms with Crippen molar-refractivity contribution in [3.63, 3.8) is 0 Å². The number of halogens is 1. The Bertz CT molecular complexity index is 270. The molecule has 11 heavy (non-hydrogen) atoms. The third-order valence-electron chi connectivity index (χ3n) is 2.03. The number of nitrogens with zero attached hydrogens (tertiary/aromatic N) is 1. The van der Waals surface area contributed by atoms with Crippen molar-refractivity contribution in [3.8, 4) is 0 Å². The molecule has 1 aromatic rings. The van der Waals surface area contributed by atoms with Crippen LogP contribution < -0.4 is 5.32 Å². The van der Waals surface area contributed by atoms with Crippen LogP contribution in [0, 0.1) is 0 Å². The van der Waals surface area contributed by atoms with E-state index in [9.17, 15) is 0 Å². The van der Waals surface area contributed by atoms with Crippen molar-refractivity contribution in [2.45, 2.75) is 13.0 Å². The first-order valence-corrected chi connectivity index (χ1v) is 4.15. The number of benzene rings is 1. The molecule has 0 aliphatic carbocycles. The van der Waals surface area contributed by atoms with E-state index in [0.717, 1.165) is 24.5 Å². The number of fused-ring (bicyclic) bond motifs is 1. The van der Waals surface area contributed by atoms with Crippen LogP contribution in [0.5, 0.6) is 0 Å². The second-order valence-corrected chi connectivity index (χ2v) is 3.14. The minimum Gasteiger partial charge on any atom is -0.237 e. The van der Waals surface area contributed by atoms with Crippen molar-refractivity contribution >= 4 is 11.6 Å². The Morgan fingerprint density at radius 3 is 3.09 bits per heavy atom. The molecule has 0 unspecified atom stereocenters. The van der Waals surface area contributed by atoms with Crippen molar-refractivity contribution < 1.29 is 0 Å². The Morgan fingerprint density at radius 1 is 1.36 bits per heavy atom. The van der Waals surface area contributed by atoms with E-state index in [1.807, 2.05) is 12.1 Å². The fraction of sp³-hybridized carbons (Fsp3) is 0.333. The smallest absolute Gasteiger partial charge is 0.0454 e. The van der Waals surface area contributed by atoms with Crippen LogP contribution >= 0.6 is 11.6 Å². The lowest BCUT2D eigenvalue weighted by atomic mass is 10.0. The van der Waals surface area contributed by atoms with Gasteiger partial charge in [0.05, 0.1) is 0 Å². The quantitative estimate of drug-likeness (QED) is 0.560. The van der Waals surface area contributed by atoms with Crippen LogP contribution in [0.2, 0.25) is 5.02 Å². The summed E-state index contributed by atoms with van der Waals surface area (Å²) in [5.41, 5.74) is 2.59. The van der Waals surface area contributed by atoms with E-state index >= 15 is 0 Å². The molecule has 1 radical (unpaired) electrons.